The van der Waals surface area contributed by atoms with Crippen LogP contribution in [0.2, 0.25) is 0 Å². The Morgan fingerprint density at radius 1 is 1.17 bits per heavy atom. The van der Waals surface area contributed by atoms with Crippen molar-refractivity contribution < 1.29 is 14.3 Å². The third-order valence-electron chi connectivity index (χ3n) is 7.35. The molecule has 0 radical (unpaired) electrons. The SMILES string of the molecule is Cc1ccc(O[C@@H]([SiH3])[C@@H]2CCN2C)cc1C(=O)NC1(c2cc(OC(C)C)cc3ncccc23)CC1. The van der Waals surface area contributed by atoms with E-state index in [-0.39, 0.29) is 17.7 Å². The van der Waals surface area contributed by atoms with E-state index in [0.717, 1.165) is 63.2 Å². The summed E-state index contributed by atoms with van der Waals surface area (Å²) in [6.07, 6.45) is 4.81. The lowest BCUT2D eigenvalue weighted by molar-refractivity contribution is 0.0562. The summed E-state index contributed by atoms with van der Waals surface area (Å²) in [6.45, 7) is 7.14. The number of nitrogens with zero attached hydrogens (tertiary/aromatic N) is 2. The Kier molecular flexibility index (Phi) is 6.32. The fraction of sp³-hybridized carbons (Fsp3) is 0.429. The molecule has 2 aliphatic rings. The highest BCUT2D eigenvalue weighted by molar-refractivity contribution is 6.11. The molecule has 2 heterocycles. The summed E-state index contributed by atoms with van der Waals surface area (Å²) in [5.74, 6) is 1.49. The zero-order valence-electron chi connectivity index (χ0n) is 21.3. The van der Waals surface area contributed by atoms with Gasteiger partial charge in [-0.1, -0.05) is 12.1 Å². The van der Waals surface area contributed by atoms with Gasteiger partial charge < -0.3 is 19.7 Å². The van der Waals surface area contributed by atoms with Crippen molar-refractivity contribution in [1.29, 1.82) is 0 Å². The van der Waals surface area contributed by atoms with Gasteiger partial charge in [0.25, 0.3) is 5.91 Å². The van der Waals surface area contributed by atoms with Crippen LogP contribution >= 0.6 is 0 Å². The summed E-state index contributed by atoms with van der Waals surface area (Å²) in [4.78, 5) is 20.5. The number of rotatable bonds is 8. The number of carbonyl (C=O) groups excluding carboxylic acids is 1. The largest absolute Gasteiger partial charge is 0.494 e. The number of hydrogen-bond acceptors (Lipinski definition) is 5. The van der Waals surface area contributed by atoms with Crippen molar-refractivity contribution in [2.24, 2.45) is 0 Å². The van der Waals surface area contributed by atoms with E-state index in [1.165, 1.54) is 6.42 Å². The zero-order valence-corrected chi connectivity index (χ0v) is 23.3. The lowest BCUT2D eigenvalue weighted by Gasteiger charge is -2.41. The van der Waals surface area contributed by atoms with Crippen molar-refractivity contribution in [3.05, 3.63) is 65.4 Å². The molecule has 0 unspecified atom stereocenters. The third kappa shape index (κ3) is 4.80. The second kappa shape index (κ2) is 9.28. The van der Waals surface area contributed by atoms with Crippen molar-refractivity contribution >= 4 is 27.1 Å². The number of aromatic nitrogens is 1. The number of nitrogens with one attached hydrogen (secondary N) is 1. The molecule has 1 aliphatic carbocycles. The molecule has 2 aromatic carbocycles. The van der Waals surface area contributed by atoms with Gasteiger partial charge in [0.1, 0.15) is 11.5 Å². The molecular formula is C28H35N3O3Si. The minimum absolute atomic E-state index is 0.0596. The minimum atomic E-state index is -0.410. The van der Waals surface area contributed by atoms with E-state index in [4.69, 9.17) is 9.47 Å². The summed E-state index contributed by atoms with van der Waals surface area (Å²) in [5, 5.41) is 4.42. The van der Waals surface area contributed by atoms with Crippen molar-refractivity contribution in [1.82, 2.24) is 15.2 Å². The number of amides is 1. The maximum absolute atomic E-state index is 13.6. The summed E-state index contributed by atoms with van der Waals surface area (Å²) < 4.78 is 12.3. The van der Waals surface area contributed by atoms with Gasteiger partial charge in [-0.2, -0.15) is 0 Å². The molecule has 5 rings (SSSR count). The number of likely N-dealkylation sites (N-methyl/N-ethyl adjacent to an activating group) is 1. The van der Waals surface area contributed by atoms with Crippen LogP contribution in [0, 0.1) is 6.92 Å². The van der Waals surface area contributed by atoms with Gasteiger partial charge in [-0.15, -0.1) is 0 Å². The molecule has 0 spiro atoms. The minimum Gasteiger partial charge on any atom is -0.494 e. The lowest BCUT2D eigenvalue weighted by Crippen LogP contribution is -2.53. The fourth-order valence-corrected chi connectivity index (χ4v) is 6.22. The second-order valence-corrected chi connectivity index (χ2v) is 11.5. The molecule has 184 valence electrons. The normalized spacial score (nSPS) is 19.9. The topological polar surface area (TPSA) is 63.7 Å². The highest BCUT2D eigenvalue weighted by atomic mass is 28.1. The average Bonchev–Trinajstić information content (AvgIpc) is 3.58. The number of hydrogen-bond donors (Lipinski definition) is 1. The molecule has 2 atom stereocenters. The number of fused-ring (bicyclic) bond motifs is 1. The van der Waals surface area contributed by atoms with Crippen LogP contribution in [0.15, 0.2) is 48.7 Å². The zero-order chi connectivity index (χ0) is 24.7. The number of ether oxygens (including phenoxy) is 2. The van der Waals surface area contributed by atoms with E-state index >= 15 is 0 Å². The Labute approximate surface area is 210 Å². The molecule has 1 N–H and O–H groups in total. The Morgan fingerprint density at radius 3 is 2.63 bits per heavy atom. The van der Waals surface area contributed by atoms with Crippen LogP contribution in [0.25, 0.3) is 10.9 Å². The maximum Gasteiger partial charge on any atom is 0.252 e. The highest BCUT2D eigenvalue weighted by Gasteiger charge is 2.47. The van der Waals surface area contributed by atoms with Crippen LogP contribution in [0.1, 0.15) is 54.6 Å². The van der Waals surface area contributed by atoms with E-state index in [1.54, 1.807) is 6.20 Å². The first-order valence-electron chi connectivity index (χ1n) is 12.6. The molecular weight excluding hydrogens is 454 g/mol. The summed E-state index contributed by atoms with van der Waals surface area (Å²) in [6, 6.07) is 14.4. The number of benzene rings is 2. The molecule has 0 bridgehead atoms. The van der Waals surface area contributed by atoms with E-state index in [2.05, 4.69) is 34.4 Å². The fourth-order valence-electron chi connectivity index (χ4n) is 5.11. The first-order chi connectivity index (χ1) is 16.8. The van der Waals surface area contributed by atoms with Crippen molar-refractivity contribution in [2.75, 3.05) is 13.6 Å². The molecule has 1 saturated carbocycles. The average molecular weight is 490 g/mol. The number of carbonyl (C=O) groups is 1. The second-order valence-electron chi connectivity index (χ2n) is 10.4. The molecule has 1 aromatic heterocycles. The third-order valence-corrected chi connectivity index (χ3v) is 8.35. The van der Waals surface area contributed by atoms with Crippen LogP contribution in [0.4, 0.5) is 0 Å². The molecule has 1 saturated heterocycles. The predicted molar refractivity (Wildman–Crippen MR) is 142 cm³/mol. The summed E-state index contributed by atoms with van der Waals surface area (Å²) in [5.41, 5.74) is 3.37. The number of aryl methyl sites for hydroxylation is 1. The van der Waals surface area contributed by atoms with Gasteiger partial charge in [0.15, 0.2) is 0 Å². The van der Waals surface area contributed by atoms with Crippen LogP contribution in [0.3, 0.4) is 0 Å². The molecule has 6 nitrogen and oxygen atoms in total. The van der Waals surface area contributed by atoms with E-state index in [1.807, 2.05) is 51.1 Å². The van der Waals surface area contributed by atoms with Crippen LogP contribution in [-0.4, -0.2) is 57.5 Å². The summed E-state index contributed by atoms with van der Waals surface area (Å²) in [7, 11) is 3.09. The smallest absolute Gasteiger partial charge is 0.252 e. The molecule has 3 aromatic rings. The van der Waals surface area contributed by atoms with Crippen molar-refractivity contribution in [3.8, 4) is 11.5 Å². The van der Waals surface area contributed by atoms with E-state index in [0.29, 0.717) is 11.6 Å². The molecule has 7 heteroatoms. The Balaban J connectivity index is 1.41. The number of likely N-dealkylation sites (tertiary alicyclic amines) is 1. The van der Waals surface area contributed by atoms with Gasteiger partial charge in [0.05, 0.1) is 33.1 Å². The first-order valence-corrected chi connectivity index (χ1v) is 13.8. The van der Waals surface area contributed by atoms with Gasteiger partial charge in [-0.3, -0.25) is 9.78 Å². The van der Waals surface area contributed by atoms with Crippen LogP contribution in [-0.2, 0) is 5.54 Å². The van der Waals surface area contributed by atoms with Gasteiger partial charge in [0, 0.05) is 29.3 Å². The summed E-state index contributed by atoms with van der Waals surface area (Å²) >= 11 is 0. The van der Waals surface area contributed by atoms with Gasteiger partial charge >= 0.3 is 0 Å². The van der Waals surface area contributed by atoms with Gasteiger partial charge in [-0.25, -0.2) is 0 Å². The lowest BCUT2D eigenvalue weighted by atomic mass is 9.97. The molecule has 35 heavy (non-hydrogen) atoms. The van der Waals surface area contributed by atoms with Gasteiger partial charge in [0.2, 0.25) is 0 Å². The Morgan fingerprint density at radius 2 is 1.97 bits per heavy atom. The standard InChI is InChI=1S/C28H35N3O3Si/c1-17(2)33-20-15-23(21-6-5-12-29-24(21)16-20)28(10-11-28)30-26(32)22-14-19(8-7-18(22)3)34-27(35)25-9-13-31(25)4/h5-8,12,14-17,25,27H,9-11,13H2,1-4,35H3,(H,30,32)/t25-,27-/m0/s1. The first kappa shape index (κ1) is 23.8. The number of pyridine rings is 1. The van der Waals surface area contributed by atoms with Crippen molar-refractivity contribution in [2.45, 2.75) is 63.4 Å². The highest BCUT2D eigenvalue weighted by Crippen LogP contribution is 2.49. The molecule has 1 amide bonds. The van der Waals surface area contributed by atoms with E-state index in [9.17, 15) is 4.79 Å². The monoisotopic (exact) mass is 489 g/mol. The van der Waals surface area contributed by atoms with E-state index < -0.39 is 5.54 Å². The molecule has 1 aliphatic heterocycles. The Hall–Kier alpha value is -2.90. The quantitative estimate of drug-likeness (QED) is 0.491. The Bertz CT molecular complexity index is 1260. The predicted octanol–water partition coefficient (Wildman–Crippen LogP) is 3.52. The van der Waals surface area contributed by atoms with Gasteiger partial charge in [-0.05, 0) is 89.0 Å². The van der Waals surface area contributed by atoms with Crippen molar-refractivity contribution in [3.63, 3.8) is 0 Å². The maximum atomic E-state index is 13.6. The van der Waals surface area contributed by atoms with Crippen LogP contribution < -0.4 is 14.8 Å². The van der Waals surface area contributed by atoms with Crippen LogP contribution in [0.5, 0.6) is 11.5 Å². The molecule has 2 fully saturated rings.